The molecule has 7 heteroatoms. The fraction of sp³-hybridized carbons (Fsp3) is 0.583. The highest BCUT2D eigenvalue weighted by Gasteiger charge is 2.14. The molecule has 0 fully saturated rings. The van der Waals surface area contributed by atoms with E-state index >= 15 is 0 Å². The minimum absolute atomic E-state index is 0.00000661. The van der Waals surface area contributed by atoms with Crippen LogP contribution >= 0.6 is 0 Å². The Morgan fingerprint density at radius 1 is 1.47 bits per heavy atom. The fourth-order valence-electron chi connectivity index (χ4n) is 1.67. The number of nitrogens with one attached hydrogen (secondary N) is 1. The zero-order valence-electron chi connectivity index (χ0n) is 11.3. The lowest BCUT2D eigenvalue weighted by Gasteiger charge is -2.21. The van der Waals surface area contributed by atoms with Crippen LogP contribution < -0.4 is 10.2 Å². The highest BCUT2D eigenvalue weighted by Crippen LogP contribution is 2.23. The van der Waals surface area contributed by atoms with Crippen molar-refractivity contribution in [2.75, 3.05) is 36.5 Å². The number of hydrogen-bond acceptors (Lipinski definition) is 6. The van der Waals surface area contributed by atoms with Gasteiger partial charge in [-0.25, -0.2) is 4.98 Å². The molecule has 0 aliphatic rings. The van der Waals surface area contributed by atoms with E-state index in [0.29, 0.717) is 31.3 Å². The Balaban J connectivity index is 3.07. The Labute approximate surface area is 112 Å². The largest absolute Gasteiger partial charge is 0.395 e. The molecule has 0 bridgehead atoms. The van der Waals surface area contributed by atoms with Crippen LogP contribution in [0.3, 0.4) is 0 Å². The summed E-state index contributed by atoms with van der Waals surface area (Å²) in [7, 11) is 0. The standard InChI is InChI=1S/C12H20N4O3/c1-3-5-13-11-8-10(16(18)19)9-12(14-11)15(4-2)6-7-17/h8-9,17H,3-7H2,1-2H3,(H,13,14). The Hall–Kier alpha value is -1.89. The normalized spacial score (nSPS) is 10.3. The molecule has 0 saturated carbocycles. The van der Waals surface area contributed by atoms with Crippen molar-refractivity contribution in [1.82, 2.24) is 4.98 Å². The maximum atomic E-state index is 10.9. The third-order valence-electron chi connectivity index (χ3n) is 2.64. The average Bonchev–Trinajstić information content (AvgIpc) is 2.42. The van der Waals surface area contributed by atoms with Gasteiger partial charge in [-0.1, -0.05) is 6.92 Å². The van der Waals surface area contributed by atoms with Crippen LogP contribution in [0, 0.1) is 10.1 Å². The van der Waals surface area contributed by atoms with Crippen molar-refractivity contribution in [3.05, 3.63) is 22.2 Å². The Morgan fingerprint density at radius 3 is 2.74 bits per heavy atom. The second-order valence-electron chi connectivity index (χ2n) is 4.06. The molecule has 19 heavy (non-hydrogen) atoms. The molecule has 0 aromatic carbocycles. The van der Waals surface area contributed by atoms with Gasteiger partial charge in [-0.15, -0.1) is 0 Å². The van der Waals surface area contributed by atoms with Crippen molar-refractivity contribution in [3.63, 3.8) is 0 Å². The molecule has 106 valence electrons. The molecule has 1 rings (SSSR count). The predicted octanol–water partition coefficient (Wildman–Crippen LogP) is 1.63. The van der Waals surface area contributed by atoms with Gasteiger partial charge in [0.25, 0.3) is 5.69 Å². The topological polar surface area (TPSA) is 91.5 Å². The van der Waals surface area contributed by atoms with Gasteiger partial charge < -0.3 is 15.3 Å². The molecule has 0 amide bonds. The lowest BCUT2D eigenvalue weighted by atomic mass is 10.3. The van der Waals surface area contributed by atoms with Crippen LogP contribution in [-0.4, -0.2) is 41.3 Å². The van der Waals surface area contributed by atoms with E-state index in [1.165, 1.54) is 12.1 Å². The van der Waals surface area contributed by atoms with E-state index in [1.807, 2.05) is 13.8 Å². The van der Waals surface area contributed by atoms with E-state index in [-0.39, 0.29) is 12.3 Å². The van der Waals surface area contributed by atoms with E-state index < -0.39 is 4.92 Å². The zero-order chi connectivity index (χ0) is 14.3. The number of nitrogens with zero attached hydrogens (tertiary/aromatic N) is 3. The van der Waals surface area contributed by atoms with Crippen molar-refractivity contribution in [2.45, 2.75) is 20.3 Å². The first-order valence-electron chi connectivity index (χ1n) is 6.38. The third-order valence-corrected chi connectivity index (χ3v) is 2.64. The molecule has 7 nitrogen and oxygen atoms in total. The maximum absolute atomic E-state index is 10.9. The minimum Gasteiger partial charge on any atom is -0.395 e. The number of rotatable bonds is 8. The van der Waals surface area contributed by atoms with Gasteiger partial charge >= 0.3 is 0 Å². The molecule has 0 atom stereocenters. The molecule has 0 unspecified atom stereocenters. The first-order valence-corrected chi connectivity index (χ1v) is 6.38. The van der Waals surface area contributed by atoms with E-state index in [9.17, 15) is 10.1 Å². The molecule has 0 radical (unpaired) electrons. The number of likely N-dealkylation sites (N-methyl/N-ethyl adjacent to an activating group) is 1. The molecular weight excluding hydrogens is 248 g/mol. The fourth-order valence-corrected chi connectivity index (χ4v) is 1.67. The van der Waals surface area contributed by atoms with Crippen LogP contribution in [0.4, 0.5) is 17.3 Å². The molecule has 1 aromatic rings. The molecule has 0 saturated heterocycles. The summed E-state index contributed by atoms with van der Waals surface area (Å²) in [5.41, 5.74) is -0.00000661. The summed E-state index contributed by atoms with van der Waals surface area (Å²) in [5, 5.41) is 23.0. The number of aliphatic hydroxyl groups is 1. The number of aromatic nitrogens is 1. The minimum atomic E-state index is -0.435. The maximum Gasteiger partial charge on any atom is 0.276 e. The predicted molar refractivity (Wildman–Crippen MR) is 74.6 cm³/mol. The van der Waals surface area contributed by atoms with Crippen LogP contribution in [0.15, 0.2) is 12.1 Å². The van der Waals surface area contributed by atoms with Crippen molar-refractivity contribution in [2.24, 2.45) is 0 Å². The third kappa shape index (κ3) is 4.36. The Kier molecular flexibility index (Phi) is 6.01. The van der Waals surface area contributed by atoms with Crippen molar-refractivity contribution < 1.29 is 10.0 Å². The van der Waals surface area contributed by atoms with Gasteiger partial charge in [0, 0.05) is 19.6 Å². The van der Waals surface area contributed by atoms with E-state index in [2.05, 4.69) is 10.3 Å². The molecule has 0 aliphatic heterocycles. The second-order valence-corrected chi connectivity index (χ2v) is 4.06. The summed E-state index contributed by atoms with van der Waals surface area (Å²) in [5.74, 6) is 0.992. The lowest BCUT2D eigenvalue weighted by molar-refractivity contribution is -0.384. The smallest absolute Gasteiger partial charge is 0.276 e. The summed E-state index contributed by atoms with van der Waals surface area (Å²) in [4.78, 5) is 16.6. The van der Waals surface area contributed by atoms with Crippen LogP contribution in [0.2, 0.25) is 0 Å². The van der Waals surface area contributed by atoms with Gasteiger partial charge in [0.05, 0.1) is 23.7 Å². The van der Waals surface area contributed by atoms with Gasteiger partial charge in [0.2, 0.25) is 0 Å². The number of anilines is 2. The van der Waals surface area contributed by atoms with E-state index in [0.717, 1.165) is 6.42 Å². The number of aliphatic hydroxyl groups excluding tert-OH is 1. The SMILES string of the molecule is CCCNc1cc([N+](=O)[O-])cc(N(CC)CCO)n1. The number of hydrogen-bond donors (Lipinski definition) is 2. The monoisotopic (exact) mass is 268 g/mol. The molecular formula is C12H20N4O3. The first-order chi connectivity index (χ1) is 9.12. The molecule has 0 aliphatic carbocycles. The van der Waals surface area contributed by atoms with Gasteiger partial charge in [-0.2, -0.15) is 0 Å². The average molecular weight is 268 g/mol. The van der Waals surface area contributed by atoms with Crippen LogP contribution in [0.25, 0.3) is 0 Å². The Bertz CT molecular complexity index is 425. The quantitative estimate of drug-likeness (QED) is 0.550. The van der Waals surface area contributed by atoms with Gasteiger partial charge in [-0.3, -0.25) is 10.1 Å². The first kappa shape index (κ1) is 15.2. The Morgan fingerprint density at radius 2 is 2.21 bits per heavy atom. The van der Waals surface area contributed by atoms with Gasteiger partial charge in [0.1, 0.15) is 11.6 Å². The second kappa shape index (κ2) is 7.52. The highest BCUT2D eigenvalue weighted by molar-refractivity contribution is 5.55. The summed E-state index contributed by atoms with van der Waals surface area (Å²) in [6, 6.07) is 2.85. The molecule has 0 spiro atoms. The van der Waals surface area contributed by atoms with E-state index in [4.69, 9.17) is 5.11 Å². The van der Waals surface area contributed by atoms with Gasteiger partial charge in [0.15, 0.2) is 0 Å². The summed E-state index contributed by atoms with van der Waals surface area (Å²) in [6.45, 7) is 5.64. The van der Waals surface area contributed by atoms with Crippen LogP contribution in [-0.2, 0) is 0 Å². The number of pyridine rings is 1. The molecule has 1 aromatic heterocycles. The van der Waals surface area contributed by atoms with Crippen molar-refractivity contribution in [1.29, 1.82) is 0 Å². The van der Waals surface area contributed by atoms with Crippen LogP contribution in [0.5, 0.6) is 0 Å². The summed E-state index contributed by atoms with van der Waals surface area (Å²) >= 11 is 0. The van der Waals surface area contributed by atoms with Crippen LogP contribution in [0.1, 0.15) is 20.3 Å². The highest BCUT2D eigenvalue weighted by atomic mass is 16.6. The summed E-state index contributed by atoms with van der Waals surface area (Å²) < 4.78 is 0. The van der Waals surface area contributed by atoms with E-state index in [1.54, 1.807) is 4.90 Å². The molecule has 2 N–H and O–H groups in total. The van der Waals surface area contributed by atoms with Crippen molar-refractivity contribution >= 4 is 17.3 Å². The lowest BCUT2D eigenvalue weighted by Crippen LogP contribution is -2.27. The van der Waals surface area contributed by atoms with Gasteiger partial charge in [-0.05, 0) is 13.3 Å². The molecule has 1 heterocycles. The summed E-state index contributed by atoms with van der Waals surface area (Å²) in [6.07, 6.45) is 0.911. The number of nitro groups is 1. The van der Waals surface area contributed by atoms with Crippen molar-refractivity contribution in [3.8, 4) is 0 Å². The zero-order valence-corrected chi connectivity index (χ0v) is 11.3.